The van der Waals surface area contributed by atoms with E-state index in [0.717, 1.165) is 13.8 Å². The van der Waals surface area contributed by atoms with Crippen molar-refractivity contribution in [1.29, 1.82) is 0 Å². The molecule has 0 amide bonds. The molecule has 2 atom stereocenters. The topological polar surface area (TPSA) is 93.1 Å². The Morgan fingerprint density at radius 3 is 1.42 bits per heavy atom. The second-order valence-electron chi connectivity index (χ2n) is 2.16. The van der Waals surface area contributed by atoms with Crippen molar-refractivity contribution in [3.63, 3.8) is 0 Å². The lowest BCUT2D eigenvalue weighted by molar-refractivity contribution is -0.268. The van der Waals surface area contributed by atoms with Gasteiger partial charge in [0.1, 0.15) is 0 Å². The average Bonchev–Trinajstić information content (AvgIpc) is 1.98. The highest BCUT2D eigenvalue weighted by Gasteiger charge is 2.17. The minimum Gasteiger partial charge on any atom is -0.382 e. The normalized spacial score (nSPS) is 14.7. The van der Waals surface area contributed by atoms with Crippen LogP contribution in [-0.4, -0.2) is 34.4 Å². The summed E-state index contributed by atoms with van der Waals surface area (Å²) in [6.07, 6.45) is -2.74. The Hall–Kier alpha value is -1.14. The zero-order valence-corrected chi connectivity index (χ0v) is 6.68. The van der Waals surface area contributed by atoms with Gasteiger partial charge < -0.3 is 10.2 Å². The number of rotatable bonds is 2. The second kappa shape index (κ2) is 4.68. The highest BCUT2D eigenvalue weighted by atomic mass is 17.2. The number of hydrogen-bond acceptors (Lipinski definition) is 6. The Kier molecular flexibility index (Phi) is 4.24. The summed E-state index contributed by atoms with van der Waals surface area (Å²) in [5.74, 6) is -2.19. The van der Waals surface area contributed by atoms with E-state index in [0.29, 0.717) is 0 Å². The summed E-state index contributed by atoms with van der Waals surface area (Å²) in [6, 6.07) is 0. The third-order valence-electron chi connectivity index (χ3n) is 0.888. The van der Waals surface area contributed by atoms with E-state index < -0.39 is 24.1 Å². The molecule has 0 aromatic rings. The lowest BCUT2D eigenvalue weighted by Crippen LogP contribution is -2.25. The molecule has 0 aliphatic rings. The van der Waals surface area contributed by atoms with Gasteiger partial charge in [-0.2, -0.15) is 0 Å². The third kappa shape index (κ3) is 3.89. The van der Waals surface area contributed by atoms with Gasteiger partial charge in [0.05, 0.1) is 0 Å². The lowest BCUT2D eigenvalue weighted by Gasteiger charge is -2.05. The van der Waals surface area contributed by atoms with E-state index in [1.54, 1.807) is 0 Å². The number of aliphatic hydroxyl groups is 2. The first kappa shape index (κ1) is 10.9. The van der Waals surface area contributed by atoms with Crippen molar-refractivity contribution in [2.75, 3.05) is 0 Å². The Balaban J connectivity index is 3.69. The molecule has 2 unspecified atom stereocenters. The Morgan fingerprint density at radius 1 is 1.00 bits per heavy atom. The van der Waals surface area contributed by atoms with E-state index in [1.807, 2.05) is 0 Å². The lowest BCUT2D eigenvalue weighted by atomic mass is 10.4. The molecule has 0 rings (SSSR count). The minimum absolute atomic E-state index is 1.09. The summed E-state index contributed by atoms with van der Waals surface area (Å²) in [7, 11) is 0. The molecule has 12 heavy (non-hydrogen) atoms. The van der Waals surface area contributed by atoms with Crippen LogP contribution in [0.15, 0.2) is 0 Å². The van der Waals surface area contributed by atoms with Crippen LogP contribution in [0.25, 0.3) is 0 Å². The van der Waals surface area contributed by atoms with Crippen LogP contribution >= 0.6 is 0 Å². The van der Waals surface area contributed by atoms with Crippen molar-refractivity contribution in [3.8, 4) is 0 Å². The molecule has 6 nitrogen and oxygen atoms in total. The molecular formula is C6H10O6. The molecule has 0 saturated heterocycles. The molecule has 0 heterocycles. The quantitative estimate of drug-likeness (QED) is 0.405. The van der Waals surface area contributed by atoms with E-state index >= 15 is 0 Å². The summed E-state index contributed by atoms with van der Waals surface area (Å²) in [6.45, 7) is 2.30. The van der Waals surface area contributed by atoms with E-state index in [9.17, 15) is 9.59 Å². The third-order valence-corrected chi connectivity index (χ3v) is 0.888. The highest BCUT2D eigenvalue weighted by molar-refractivity contribution is 5.77. The van der Waals surface area contributed by atoms with Crippen LogP contribution < -0.4 is 0 Å². The molecule has 0 radical (unpaired) electrons. The predicted octanol–water partition coefficient (Wildman–Crippen LogP) is -1.25. The van der Waals surface area contributed by atoms with Gasteiger partial charge in [0.15, 0.2) is 12.2 Å². The zero-order chi connectivity index (χ0) is 9.72. The predicted molar refractivity (Wildman–Crippen MR) is 35.5 cm³/mol. The summed E-state index contributed by atoms with van der Waals surface area (Å²) >= 11 is 0. The zero-order valence-electron chi connectivity index (χ0n) is 6.68. The van der Waals surface area contributed by atoms with Gasteiger partial charge in [0, 0.05) is 0 Å². The minimum atomic E-state index is -1.37. The molecule has 70 valence electrons. The molecule has 0 spiro atoms. The monoisotopic (exact) mass is 178 g/mol. The van der Waals surface area contributed by atoms with Gasteiger partial charge in [-0.05, 0) is 13.8 Å². The molecule has 6 heteroatoms. The molecule has 0 aliphatic heterocycles. The fourth-order valence-electron chi connectivity index (χ4n) is 0.221. The van der Waals surface area contributed by atoms with Crippen LogP contribution in [0.4, 0.5) is 0 Å². The molecule has 0 aromatic heterocycles. The maximum Gasteiger partial charge on any atom is 0.383 e. The molecule has 0 bridgehead atoms. The van der Waals surface area contributed by atoms with Crippen molar-refractivity contribution < 1.29 is 29.6 Å². The molecule has 0 aromatic carbocycles. The van der Waals surface area contributed by atoms with E-state index in [1.165, 1.54) is 0 Å². The number of carbonyl (C=O) groups is 2. The van der Waals surface area contributed by atoms with Crippen molar-refractivity contribution in [1.82, 2.24) is 0 Å². The molecule has 0 fully saturated rings. The summed E-state index contributed by atoms with van der Waals surface area (Å²) in [5.41, 5.74) is 0. The molecular weight excluding hydrogens is 168 g/mol. The maximum atomic E-state index is 10.4. The van der Waals surface area contributed by atoms with Crippen molar-refractivity contribution in [2.45, 2.75) is 26.1 Å². The van der Waals surface area contributed by atoms with Crippen molar-refractivity contribution in [3.05, 3.63) is 0 Å². The van der Waals surface area contributed by atoms with Crippen molar-refractivity contribution in [2.24, 2.45) is 0 Å². The fourth-order valence-corrected chi connectivity index (χ4v) is 0.221. The van der Waals surface area contributed by atoms with Crippen LogP contribution in [0.3, 0.4) is 0 Å². The average molecular weight is 178 g/mol. The maximum absolute atomic E-state index is 10.4. The first-order chi connectivity index (χ1) is 5.45. The van der Waals surface area contributed by atoms with Gasteiger partial charge in [-0.1, -0.05) is 0 Å². The van der Waals surface area contributed by atoms with Crippen LogP contribution in [0.5, 0.6) is 0 Å². The first-order valence-corrected chi connectivity index (χ1v) is 3.23. The Labute approximate surface area is 68.6 Å². The van der Waals surface area contributed by atoms with E-state index in [-0.39, 0.29) is 0 Å². The largest absolute Gasteiger partial charge is 0.383 e. The van der Waals surface area contributed by atoms with Crippen LogP contribution in [0, 0.1) is 0 Å². The highest BCUT2D eigenvalue weighted by Crippen LogP contribution is 1.91. The number of carbonyl (C=O) groups excluding carboxylic acids is 2. The first-order valence-electron chi connectivity index (χ1n) is 3.23. The SMILES string of the molecule is CC(O)C(=O)OOC(=O)C(C)O. The second-order valence-corrected chi connectivity index (χ2v) is 2.16. The smallest absolute Gasteiger partial charge is 0.382 e. The summed E-state index contributed by atoms with van der Waals surface area (Å²) in [4.78, 5) is 28.5. The Morgan fingerprint density at radius 2 is 1.25 bits per heavy atom. The van der Waals surface area contributed by atoms with Crippen LogP contribution in [0.1, 0.15) is 13.8 Å². The standard InChI is InChI=1S/C6H10O6/c1-3(7)5(9)11-12-6(10)4(2)8/h3-4,7-8H,1-2H3. The van der Waals surface area contributed by atoms with Crippen LogP contribution in [0.2, 0.25) is 0 Å². The van der Waals surface area contributed by atoms with E-state index in [2.05, 4.69) is 9.78 Å². The fraction of sp³-hybridized carbons (Fsp3) is 0.667. The molecule has 2 N–H and O–H groups in total. The van der Waals surface area contributed by atoms with Gasteiger partial charge >= 0.3 is 11.9 Å². The van der Waals surface area contributed by atoms with Gasteiger partial charge in [-0.25, -0.2) is 19.4 Å². The van der Waals surface area contributed by atoms with Crippen LogP contribution in [-0.2, 0) is 19.4 Å². The number of aliphatic hydroxyl groups excluding tert-OH is 2. The molecule has 0 aliphatic carbocycles. The van der Waals surface area contributed by atoms with Gasteiger partial charge in [-0.15, -0.1) is 0 Å². The van der Waals surface area contributed by atoms with Crippen molar-refractivity contribution >= 4 is 11.9 Å². The van der Waals surface area contributed by atoms with Gasteiger partial charge in [0.25, 0.3) is 0 Å². The van der Waals surface area contributed by atoms with E-state index in [4.69, 9.17) is 10.2 Å². The Bertz CT molecular complexity index is 153. The van der Waals surface area contributed by atoms with Gasteiger partial charge in [0.2, 0.25) is 0 Å². The van der Waals surface area contributed by atoms with Gasteiger partial charge in [-0.3, -0.25) is 0 Å². The summed E-state index contributed by atoms with van der Waals surface area (Å²) < 4.78 is 0. The molecule has 0 saturated carbocycles. The number of hydrogen-bond donors (Lipinski definition) is 2. The summed E-state index contributed by atoms with van der Waals surface area (Å²) in [5, 5.41) is 17.1.